The number of rotatable bonds is 5. The number of aromatic nitrogens is 2. The molecular weight excluding hydrogens is 346 g/mol. The monoisotopic (exact) mass is 363 g/mol. The highest BCUT2D eigenvalue weighted by atomic mass is 79.9. The third-order valence-electron chi connectivity index (χ3n) is 3.23. The highest BCUT2D eigenvalue weighted by Gasteiger charge is 2.15. The highest BCUT2D eigenvalue weighted by Crippen LogP contribution is 2.17. The first-order valence-corrected chi connectivity index (χ1v) is 7.89. The summed E-state index contributed by atoms with van der Waals surface area (Å²) in [6, 6.07) is 10.6. The summed E-state index contributed by atoms with van der Waals surface area (Å²) in [4.78, 5) is 25.7. The summed E-state index contributed by atoms with van der Waals surface area (Å²) in [5.41, 5.74) is 1.11. The van der Waals surface area contributed by atoms with Gasteiger partial charge in [-0.2, -0.15) is 5.10 Å². The molecule has 0 spiro atoms. The number of carbonyl (C=O) groups is 1. The second kappa shape index (κ2) is 7.35. The molecule has 1 aromatic carbocycles. The standard InChI is InChI=1S/C16H18BrN3O2/c1-3-10-20-15(21)9-8-14(18-20)16(22)19(2)11-12-6-4-5-7-13(12)17/h4-9H,3,10-11H2,1-2H3. The Morgan fingerprint density at radius 3 is 2.68 bits per heavy atom. The second-order valence-corrected chi connectivity index (χ2v) is 5.89. The van der Waals surface area contributed by atoms with E-state index in [9.17, 15) is 9.59 Å². The van der Waals surface area contributed by atoms with Gasteiger partial charge >= 0.3 is 0 Å². The van der Waals surface area contributed by atoms with E-state index in [0.717, 1.165) is 16.5 Å². The molecule has 0 atom stereocenters. The molecule has 2 rings (SSSR count). The summed E-state index contributed by atoms with van der Waals surface area (Å²) in [6.45, 7) is 2.93. The van der Waals surface area contributed by atoms with E-state index in [4.69, 9.17) is 0 Å². The van der Waals surface area contributed by atoms with Crippen molar-refractivity contribution in [3.05, 3.63) is 62.5 Å². The Kier molecular flexibility index (Phi) is 5.49. The third kappa shape index (κ3) is 3.82. The van der Waals surface area contributed by atoms with Gasteiger partial charge in [-0.15, -0.1) is 0 Å². The van der Waals surface area contributed by atoms with Crippen LogP contribution in [0.4, 0.5) is 0 Å². The number of benzene rings is 1. The van der Waals surface area contributed by atoms with Crippen molar-refractivity contribution < 1.29 is 4.79 Å². The van der Waals surface area contributed by atoms with Crippen LogP contribution < -0.4 is 5.56 Å². The van der Waals surface area contributed by atoms with Crippen LogP contribution in [0.25, 0.3) is 0 Å². The molecule has 0 fully saturated rings. The molecule has 0 bridgehead atoms. The van der Waals surface area contributed by atoms with Crippen molar-refractivity contribution in [1.82, 2.24) is 14.7 Å². The number of halogens is 1. The van der Waals surface area contributed by atoms with Crippen LogP contribution in [0, 0.1) is 0 Å². The Labute approximate surface area is 137 Å². The summed E-state index contributed by atoms with van der Waals surface area (Å²) >= 11 is 3.47. The molecule has 0 radical (unpaired) electrons. The Bertz CT molecular complexity index is 727. The van der Waals surface area contributed by atoms with E-state index in [1.807, 2.05) is 31.2 Å². The quantitative estimate of drug-likeness (QED) is 0.820. The van der Waals surface area contributed by atoms with E-state index < -0.39 is 0 Å². The van der Waals surface area contributed by atoms with Crippen molar-refractivity contribution in [2.24, 2.45) is 0 Å². The zero-order chi connectivity index (χ0) is 16.1. The number of carbonyl (C=O) groups excluding carboxylic acids is 1. The molecule has 5 nitrogen and oxygen atoms in total. The van der Waals surface area contributed by atoms with Crippen LogP contribution in [-0.2, 0) is 13.1 Å². The fourth-order valence-electron chi connectivity index (χ4n) is 2.08. The van der Waals surface area contributed by atoms with Gasteiger partial charge in [-0.1, -0.05) is 41.1 Å². The summed E-state index contributed by atoms with van der Waals surface area (Å²) in [5, 5.41) is 4.15. The van der Waals surface area contributed by atoms with Crippen LogP contribution in [0.3, 0.4) is 0 Å². The zero-order valence-electron chi connectivity index (χ0n) is 12.6. The van der Waals surface area contributed by atoms with Gasteiger partial charge in [0.2, 0.25) is 0 Å². The number of hydrogen-bond donors (Lipinski definition) is 0. The van der Waals surface area contributed by atoms with Gasteiger partial charge < -0.3 is 4.90 Å². The van der Waals surface area contributed by atoms with Crippen LogP contribution in [0.2, 0.25) is 0 Å². The van der Waals surface area contributed by atoms with E-state index in [0.29, 0.717) is 13.1 Å². The van der Waals surface area contributed by atoms with Gasteiger partial charge in [-0.05, 0) is 24.1 Å². The number of hydrogen-bond acceptors (Lipinski definition) is 3. The third-order valence-corrected chi connectivity index (χ3v) is 4.01. The number of aryl methyl sites for hydroxylation is 1. The van der Waals surface area contributed by atoms with Crippen LogP contribution in [0.5, 0.6) is 0 Å². The first kappa shape index (κ1) is 16.4. The van der Waals surface area contributed by atoms with Gasteiger partial charge in [0.05, 0.1) is 0 Å². The molecule has 0 aliphatic rings. The minimum atomic E-state index is -0.208. The minimum absolute atomic E-state index is 0.188. The van der Waals surface area contributed by atoms with Crippen LogP contribution in [0.15, 0.2) is 45.7 Å². The molecule has 6 heteroatoms. The Morgan fingerprint density at radius 1 is 1.27 bits per heavy atom. The average Bonchev–Trinajstić information content (AvgIpc) is 2.51. The maximum atomic E-state index is 12.5. The minimum Gasteiger partial charge on any atom is -0.336 e. The molecule has 22 heavy (non-hydrogen) atoms. The molecule has 1 amide bonds. The van der Waals surface area contributed by atoms with Gasteiger partial charge in [0.1, 0.15) is 5.69 Å². The molecule has 1 heterocycles. The fourth-order valence-corrected chi connectivity index (χ4v) is 2.49. The van der Waals surface area contributed by atoms with Crippen molar-refractivity contribution >= 4 is 21.8 Å². The topological polar surface area (TPSA) is 55.2 Å². The lowest BCUT2D eigenvalue weighted by atomic mass is 10.2. The summed E-state index contributed by atoms with van der Waals surface area (Å²) < 4.78 is 2.29. The first-order valence-electron chi connectivity index (χ1n) is 7.10. The van der Waals surface area contributed by atoms with Crippen molar-refractivity contribution in [2.75, 3.05) is 7.05 Å². The Hall–Kier alpha value is -1.95. The number of nitrogens with zero attached hydrogens (tertiary/aromatic N) is 3. The normalized spacial score (nSPS) is 10.5. The van der Waals surface area contributed by atoms with Crippen molar-refractivity contribution in [3.63, 3.8) is 0 Å². The predicted octanol–water partition coefficient (Wildman–Crippen LogP) is 2.69. The van der Waals surface area contributed by atoms with Gasteiger partial charge in [0.15, 0.2) is 0 Å². The maximum Gasteiger partial charge on any atom is 0.274 e. The van der Waals surface area contributed by atoms with Crippen LogP contribution in [-0.4, -0.2) is 27.6 Å². The maximum absolute atomic E-state index is 12.5. The van der Waals surface area contributed by atoms with E-state index >= 15 is 0 Å². The van der Waals surface area contributed by atoms with Gasteiger partial charge in [-0.25, -0.2) is 4.68 Å². The lowest BCUT2D eigenvalue weighted by Crippen LogP contribution is -2.31. The Balaban J connectivity index is 2.19. The fraction of sp³-hybridized carbons (Fsp3) is 0.312. The van der Waals surface area contributed by atoms with Crippen molar-refractivity contribution in [2.45, 2.75) is 26.4 Å². The largest absolute Gasteiger partial charge is 0.336 e. The van der Waals surface area contributed by atoms with Crippen LogP contribution in [0.1, 0.15) is 29.4 Å². The lowest BCUT2D eigenvalue weighted by molar-refractivity contribution is 0.0776. The van der Waals surface area contributed by atoms with Gasteiger partial charge in [-0.3, -0.25) is 9.59 Å². The molecular formula is C16H18BrN3O2. The molecule has 0 aliphatic carbocycles. The second-order valence-electron chi connectivity index (χ2n) is 5.03. The molecule has 2 aromatic rings. The lowest BCUT2D eigenvalue weighted by Gasteiger charge is -2.18. The zero-order valence-corrected chi connectivity index (χ0v) is 14.2. The first-order chi connectivity index (χ1) is 10.5. The SMILES string of the molecule is CCCn1nc(C(=O)N(C)Cc2ccccc2Br)ccc1=O. The van der Waals surface area contributed by atoms with Crippen molar-refractivity contribution in [3.8, 4) is 0 Å². The van der Waals surface area contributed by atoms with Gasteiger partial charge in [0.25, 0.3) is 11.5 Å². The molecule has 0 saturated carbocycles. The smallest absolute Gasteiger partial charge is 0.274 e. The molecule has 0 aliphatic heterocycles. The average molecular weight is 364 g/mol. The highest BCUT2D eigenvalue weighted by molar-refractivity contribution is 9.10. The summed E-state index contributed by atoms with van der Waals surface area (Å²) in [5.74, 6) is -0.208. The van der Waals surface area contributed by atoms with E-state index in [1.165, 1.54) is 16.8 Å². The molecule has 0 unspecified atom stereocenters. The van der Waals surface area contributed by atoms with E-state index in [-0.39, 0.29) is 17.2 Å². The molecule has 1 aromatic heterocycles. The molecule has 116 valence electrons. The van der Waals surface area contributed by atoms with E-state index in [2.05, 4.69) is 21.0 Å². The van der Waals surface area contributed by atoms with Gasteiger partial charge in [0, 0.05) is 30.7 Å². The molecule has 0 saturated heterocycles. The predicted molar refractivity (Wildman–Crippen MR) is 88.7 cm³/mol. The van der Waals surface area contributed by atoms with Crippen LogP contribution >= 0.6 is 15.9 Å². The summed E-state index contributed by atoms with van der Waals surface area (Å²) in [6.07, 6.45) is 0.789. The Morgan fingerprint density at radius 2 is 2.00 bits per heavy atom. The molecule has 0 N–H and O–H groups in total. The number of amides is 1. The van der Waals surface area contributed by atoms with E-state index in [1.54, 1.807) is 11.9 Å². The van der Waals surface area contributed by atoms with Crippen molar-refractivity contribution in [1.29, 1.82) is 0 Å². The summed E-state index contributed by atoms with van der Waals surface area (Å²) in [7, 11) is 1.72.